The number of ether oxygens (including phenoxy) is 1. The second kappa shape index (κ2) is 10.3. The Morgan fingerprint density at radius 2 is 1.64 bits per heavy atom. The molecule has 0 fully saturated rings. The predicted octanol–water partition coefficient (Wildman–Crippen LogP) is 3.12. The van der Waals surface area contributed by atoms with E-state index in [4.69, 9.17) is 25.4 Å². The van der Waals surface area contributed by atoms with Crippen LogP contribution in [0, 0.1) is 0 Å². The molecule has 0 saturated carbocycles. The molecule has 132 valence electrons. The third kappa shape index (κ3) is 4.66. The molecule has 0 saturated heterocycles. The van der Waals surface area contributed by atoms with E-state index in [0.717, 1.165) is 16.9 Å². The summed E-state index contributed by atoms with van der Waals surface area (Å²) in [5, 5.41) is 2.11. The molecule has 2 aromatic carbocycles. The van der Waals surface area contributed by atoms with Gasteiger partial charge in [0.15, 0.2) is 0 Å². The molecule has 2 aromatic rings. The van der Waals surface area contributed by atoms with Crippen LogP contribution in [0.25, 0.3) is 0 Å². The molecule has 7 heteroatoms. The van der Waals surface area contributed by atoms with Crippen molar-refractivity contribution in [1.82, 2.24) is 0 Å². The fraction of sp³-hybridized carbons (Fsp3) is 0.278. The van der Waals surface area contributed by atoms with Crippen molar-refractivity contribution >= 4 is 55.1 Å². The number of methoxy groups -OCH3 is 1. The molecule has 0 atom stereocenters. The summed E-state index contributed by atoms with van der Waals surface area (Å²) in [5.74, 6) is 0.361. The molecule has 0 heterocycles. The summed E-state index contributed by atoms with van der Waals surface area (Å²) in [7, 11) is -1.47. The number of carbonyl (C=O) groups excluding carboxylic acids is 1. The average Bonchev–Trinajstić information content (AvgIpc) is 2.61. The number of hydrogen-bond donors (Lipinski definition) is 0. The quantitative estimate of drug-likeness (QED) is 0.403. The zero-order valence-electron chi connectivity index (χ0n) is 14.0. The van der Waals surface area contributed by atoms with Crippen molar-refractivity contribution in [2.75, 3.05) is 20.3 Å². The van der Waals surface area contributed by atoms with Crippen LogP contribution in [0.1, 0.15) is 24.2 Å². The number of benzene rings is 2. The Balaban J connectivity index is 0.00000312. The topological polar surface area (TPSA) is 44.8 Å². The first-order valence-corrected chi connectivity index (χ1v) is 9.99. The van der Waals surface area contributed by atoms with Gasteiger partial charge in [0.05, 0.1) is 0 Å². The summed E-state index contributed by atoms with van der Waals surface area (Å²) in [6, 6.07) is 13.3. The maximum absolute atomic E-state index is 11.5. The Hall–Kier alpha value is -0.853. The van der Waals surface area contributed by atoms with Crippen molar-refractivity contribution < 1.29 is 18.6 Å². The third-order valence-corrected chi connectivity index (χ3v) is 7.45. The van der Waals surface area contributed by atoms with Crippen molar-refractivity contribution in [3.63, 3.8) is 0 Å². The van der Waals surface area contributed by atoms with Gasteiger partial charge in [-0.3, -0.25) is 0 Å². The Bertz CT molecular complexity index is 691. The van der Waals surface area contributed by atoms with Crippen molar-refractivity contribution in [1.29, 1.82) is 0 Å². The van der Waals surface area contributed by atoms with Crippen LogP contribution in [0.5, 0.6) is 5.75 Å². The fourth-order valence-corrected chi connectivity index (χ4v) is 6.32. The van der Waals surface area contributed by atoms with E-state index < -0.39 is 7.72 Å². The van der Waals surface area contributed by atoms with Crippen LogP contribution in [0.15, 0.2) is 42.5 Å². The van der Waals surface area contributed by atoms with E-state index in [1.165, 1.54) is 7.11 Å². The first-order valence-electron chi connectivity index (χ1n) is 7.79. The van der Waals surface area contributed by atoms with Crippen LogP contribution >= 0.6 is 19.3 Å². The second-order valence-electron chi connectivity index (χ2n) is 5.05. The van der Waals surface area contributed by atoms with Gasteiger partial charge in [-0.1, -0.05) is 0 Å². The normalized spacial score (nSPS) is 11.5. The fourth-order valence-electron chi connectivity index (χ4n) is 2.71. The third-order valence-electron chi connectivity index (χ3n) is 3.63. The first-order chi connectivity index (χ1) is 11.6. The van der Waals surface area contributed by atoms with Gasteiger partial charge in [-0.15, -0.1) is 0 Å². The zero-order chi connectivity index (χ0) is 17.6. The first kappa shape index (κ1) is 22.2. The van der Waals surface area contributed by atoms with Crippen LogP contribution in [0.2, 0.25) is 5.02 Å². The van der Waals surface area contributed by atoms with E-state index in [-0.39, 0.29) is 18.9 Å². The molecule has 0 unspecified atom stereocenters. The molecule has 0 radical (unpaired) electrons. The van der Waals surface area contributed by atoms with E-state index in [0.29, 0.717) is 29.5 Å². The van der Waals surface area contributed by atoms with E-state index in [1.54, 1.807) is 12.1 Å². The summed E-state index contributed by atoms with van der Waals surface area (Å²) in [5.41, 5.74) is 0.382. The van der Waals surface area contributed by atoms with Gasteiger partial charge < -0.3 is 0 Å². The molecule has 0 spiro atoms. The van der Waals surface area contributed by atoms with Crippen LogP contribution in [0.4, 0.5) is 0 Å². The van der Waals surface area contributed by atoms with E-state index in [1.807, 2.05) is 44.2 Å². The summed E-state index contributed by atoms with van der Waals surface area (Å²) in [4.78, 5) is 11.5. The van der Waals surface area contributed by atoms with Gasteiger partial charge in [0, 0.05) is 0 Å². The van der Waals surface area contributed by atoms with Crippen LogP contribution in [-0.2, 0) is 9.05 Å². The Kier molecular flexibility index (Phi) is 9.17. The SMILES string of the molecule is CCO[PH](OCC)(c1ccccc1)c1cc(Cl)c(OC)c(C=O)c1.[LiH]. The molecule has 0 aliphatic rings. The molecular weight excluding hydrogens is 354 g/mol. The van der Waals surface area contributed by atoms with Crippen molar-refractivity contribution in [3.8, 4) is 5.75 Å². The van der Waals surface area contributed by atoms with Crippen molar-refractivity contribution in [3.05, 3.63) is 53.1 Å². The number of hydrogen-bond acceptors (Lipinski definition) is 4. The minimum atomic E-state index is -2.96. The van der Waals surface area contributed by atoms with Gasteiger partial charge in [-0.05, 0) is 0 Å². The second-order valence-corrected chi connectivity index (χ2v) is 8.42. The molecule has 0 bridgehead atoms. The Labute approximate surface area is 166 Å². The molecule has 0 aromatic heterocycles. The molecule has 0 amide bonds. The predicted molar refractivity (Wildman–Crippen MR) is 108 cm³/mol. The molecule has 25 heavy (non-hydrogen) atoms. The summed E-state index contributed by atoms with van der Waals surface area (Å²) < 4.78 is 17.6. The van der Waals surface area contributed by atoms with E-state index >= 15 is 0 Å². The van der Waals surface area contributed by atoms with Crippen LogP contribution in [-0.4, -0.2) is 45.5 Å². The van der Waals surface area contributed by atoms with Gasteiger partial charge in [-0.25, -0.2) is 0 Å². The number of aldehydes is 1. The maximum atomic E-state index is 11.5. The van der Waals surface area contributed by atoms with Crippen molar-refractivity contribution in [2.45, 2.75) is 13.8 Å². The monoisotopic (exact) mass is 376 g/mol. The zero-order valence-corrected chi connectivity index (χ0v) is 15.8. The number of carbonyl (C=O) groups is 1. The van der Waals surface area contributed by atoms with Crippen LogP contribution in [0.3, 0.4) is 0 Å². The molecule has 0 N–H and O–H groups in total. The number of halogens is 1. The molecule has 4 nitrogen and oxygen atoms in total. The van der Waals surface area contributed by atoms with E-state index in [2.05, 4.69) is 0 Å². The standard InChI is InChI=1S/C18H22ClO4P.Li.H/c1-4-22-24(23-5-2,15-9-7-6-8-10-15)16-11-14(13-20)18(21-3)17(19)12-16;;/h6-13,24H,4-5H2,1-3H3;;. The summed E-state index contributed by atoms with van der Waals surface area (Å²) >= 11 is 6.33. The Morgan fingerprint density at radius 1 is 1.04 bits per heavy atom. The summed E-state index contributed by atoms with van der Waals surface area (Å²) in [6.45, 7) is 4.83. The van der Waals surface area contributed by atoms with Gasteiger partial charge >= 0.3 is 167 Å². The molecular formula is C18H23ClLiO4P. The molecule has 0 aliphatic heterocycles. The van der Waals surface area contributed by atoms with Gasteiger partial charge in [-0.2, -0.15) is 0 Å². The minimum absolute atomic E-state index is 0. The number of rotatable bonds is 8. The van der Waals surface area contributed by atoms with Gasteiger partial charge in [0.2, 0.25) is 0 Å². The van der Waals surface area contributed by atoms with Crippen molar-refractivity contribution in [2.24, 2.45) is 0 Å². The average molecular weight is 377 g/mol. The van der Waals surface area contributed by atoms with Crippen LogP contribution < -0.4 is 15.3 Å². The molecule has 2 rings (SSSR count). The van der Waals surface area contributed by atoms with Gasteiger partial charge in [0.25, 0.3) is 0 Å². The summed E-state index contributed by atoms with van der Waals surface area (Å²) in [6.07, 6.45) is 0.732. The Morgan fingerprint density at radius 3 is 2.12 bits per heavy atom. The van der Waals surface area contributed by atoms with Gasteiger partial charge in [0.1, 0.15) is 0 Å². The van der Waals surface area contributed by atoms with E-state index in [9.17, 15) is 4.79 Å². The molecule has 0 aliphatic carbocycles.